The van der Waals surface area contributed by atoms with Gasteiger partial charge in [0.2, 0.25) is 5.82 Å². The van der Waals surface area contributed by atoms with Crippen LogP contribution in [0, 0.1) is 15.9 Å². The van der Waals surface area contributed by atoms with Gasteiger partial charge in [-0.05, 0) is 38.9 Å². The van der Waals surface area contributed by atoms with Gasteiger partial charge < -0.3 is 5.32 Å². The van der Waals surface area contributed by atoms with E-state index in [2.05, 4.69) is 17.1 Å². The number of nitro groups is 1. The maximum Gasteiger partial charge on any atom is 0.327 e. The van der Waals surface area contributed by atoms with E-state index in [-0.39, 0.29) is 11.7 Å². The van der Waals surface area contributed by atoms with Crippen LogP contribution in [0.15, 0.2) is 18.2 Å². The van der Waals surface area contributed by atoms with Gasteiger partial charge in [-0.1, -0.05) is 6.07 Å². The minimum absolute atomic E-state index is 0.237. The lowest BCUT2D eigenvalue weighted by Crippen LogP contribution is -2.36. The van der Waals surface area contributed by atoms with Gasteiger partial charge >= 0.3 is 5.69 Å². The molecule has 0 radical (unpaired) electrons. The number of nitrogens with one attached hydrogen (secondary N) is 1. The van der Waals surface area contributed by atoms with E-state index in [4.69, 9.17) is 0 Å². The van der Waals surface area contributed by atoms with Crippen molar-refractivity contribution < 1.29 is 9.31 Å². The van der Waals surface area contributed by atoms with Crippen molar-refractivity contribution in [2.75, 3.05) is 18.9 Å². The first-order valence-corrected chi connectivity index (χ1v) is 6.39. The Morgan fingerprint density at radius 3 is 2.84 bits per heavy atom. The number of para-hydroxylation sites is 1. The number of hydrogen-bond donors (Lipinski definition) is 1. The zero-order valence-corrected chi connectivity index (χ0v) is 11.1. The van der Waals surface area contributed by atoms with Gasteiger partial charge in [0.25, 0.3) is 0 Å². The third-order valence-electron chi connectivity index (χ3n) is 3.58. The van der Waals surface area contributed by atoms with E-state index in [1.165, 1.54) is 25.0 Å². The van der Waals surface area contributed by atoms with Crippen LogP contribution in [-0.4, -0.2) is 35.5 Å². The smallest absolute Gasteiger partial charge is 0.327 e. The molecule has 0 amide bonds. The van der Waals surface area contributed by atoms with E-state index in [9.17, 15) is 14.5 Å². The van der Waals surface area contributed by atoms with Crippen molar-refractivity contribution in [1.29, 1.82) is 0 Å². The quantitative estimate of drug-likeness (QED) is 0.636. The van der Waals surface area contributed by atoms with Crippen molar-refractivity contribution in [3.8, 4) is 0 Å². The number of nitrogens with zero attached hydrogens (tertiary/aromatic N) is 2. The molecule has 1 unspecified atom stereocenters. The van der Waals surface area contributed by atoms with E-state index in [0.29, 0.717) is 12.6 Å². The SMILES string of the molecule is CC(CNc1cccc(F)c1[N+](=O)[O-])N(C)C1CC1. The molecule has 6 heteroatoms. The maximum atomic E-state index is 13.4. The molecule has 1 aliphatic carbocycles. The third-order valence-corrected chi connectivity index (χ3v) is 3.58. The summed E-state index contributed by atoms with van der Waals surface area (Å²) in [6.45, 7) is 2.60. The number of benzene rings is 1. The van der Waals surface area contributed by atoms with E-state index < -0.39 is 16.4 Å². The molecule has 1 aromatic rings. The standard InChI is InChI=1S/C13H18FN3O2/c1-9(16(2)10-6-7-10)8-15-12-5-3-4-11(14)13(12)17(18)19/h3-5,9-10,15H,6-8H2,1-2H3. The van der Waals surface area contributed by atoms with Gasteiger partial charge in [0.1, 0.15) is 5.69 Å². The molecule has 1 aliphatic rings. The molecule has 0 aromatic heterocycles. The van der Waals surface area contributed by atoms with Crippen LogP contribution in [0.3, 0.4) is 0 Å². The van der Waals surface area contributed by atoms with Crippen LogP contribution < -0.4 is 5.32 Å². The molecule has 0 heterocycles. The third kappa shape index (κ3) is 3.20. The van der Waals surface area contributed by atoms with Crippen LogP contribution in [0.5, 0.6) is 0 Å². The number of rotatable bonds is 6. The van der Waals surface area contributed by atoms with Crippen LogP contribution in [0.1, 0.15) is 19.8 Å². The van der Waals surface area contributed by atoms with Gasteiger partial charge in [-0.3, -0.25) is 15.0 Å². The van der Waals surface area contributed by atoms with Crippen LogP contribution in [0.2, 0.25) is 0 Å². The normalized spacial score (nSPS) is 16.4. The Labute approximate surface area is 111 Å². The maximum absolute atomic E-state index is 13.4. The number of hydrogen-bond acceptors (Lipinski definition) is 4. The summed E-state index contributed by atoms with van der Waals surface area (Å²) in [6.07, 6.45) is 2.42. The highest BCUT2D eigenvalue weighted by Gasteiger charge is 2.29. The molecule has 0 spiro atoms. The Balaban J connectivity index is 2.02. The number of halogens is 1. The minimum atomic E-state index is -0.807. The molecule has 0 saturated heterocycles. The molecule has 19 heavy (non-hydrogen) atoms. The molecule has 1 fully saturated rings. The number of anilines is 1. The second-order valence-electron chi connectivity index (χ2n) is 5.02. The van der Waals surface area contributed by atoms with E-state index in [1.54, 1.807) is 0 Å². The first kappa shape index (κ1) is 13.7. The van der Waals surface area contributed by atoms with Crippen molar-refractivity contribution in [3.63, 3.8) is 0 Å². The molecule has 2 rings (SSSR count). The molecule has 1 N–H and O–H groups in total. The van der Waals surface area contributed by atoms with Gasteiger partial charge in [-0.15, -0.1) is 0 Å². The monoisotopic (exact) mass is 267 g/mol. The highest BCUT2D eigenvalue weighted by Crippen LogP contribution is 2.29. The summed E-state index contributed by atoms with van der Waals surface area (Å²) in [5.41, 5.74) is -0.246. The predicted molar refractivity (Wildman–Crippen MR) is 71.8 cm³/mol. The summed E-state index contributed by atoms with van der Waals surface area (Å²) in [7, 11) is 2.05. The fraction of sp³-hybridized carbons (Fsp3) is 0.538. The number of likely N-dealkylation sites (N-methyl/N-ethyl adjacent to an activating group) is 1. The average Bonchev–Trinajstić information content (AvgIpc) is 3.18. The molecule has 1 atom stereocenters. The Morgan fingerprint density at radius 1 is 1.58 bits per heavy atom. The first-order chi connectivity index (χ1) is 9.00. The summed E-state index contributed by atoms with van der Waals surface area (Å²) in [5.74, 6) is -0.807. The summed E-state index contributed by atoms with van der Waals surface area (Å²) in [4.78, 5) is 12.4. The lowest BCUT2D eigenvalue weighted by molar-refractivity contribution is -0.386. The van der Waals surface area contributed by atoms with Crippen molar-refractivity contribution >= 4 is 11.4 Å². The summed E-state index contributed by atoms with van der Waals surface area (Å²) >= 11 is 0. The summed E-state index contributed by atoms with van der Waals surface area (Å²) in [5, 5.41) is 13.8. The van der Waals surface area contributed by atoms with Crippen molar-refractivity contribution in [2.24, 2.45) is 0 Å². The lowest BCUT2D eigenvalue weighted by Gasteiger charge is -2.25. The van der Waals surface area contributed by atoms with E-state index >= 15 is 0 Å². The molecule has 1 saturated carbocycles. The van der Waals surface area contributed by atoms with Crippen LogP contribution in [-0.2, 0) is 0 Å². The van der Waals surface area contributed by atoms with Crippen LogP contribution >= 0.6 is 0 Å². The van der Waals surface area contributed by atoms with E-state index in [0.717, 1.165) is 6.07 Å². The zero-order valence-electron chi connectivity index (χ0n) is 11.1. The van der Waals surface area contributed by atoms with Gasteiger partial charge in [0.15, 0.2) is 0 Å². The van der Waals surface area contributed by atoms with Crippen LogP contribution in [0.25, 0.3) is 0 Å². The Kier molecular flexibility index (Phi) is 3.99. The predicted octanol–water partition coefficient (Wildman–Crippen LogP) is 2.63. The average molecular weight is 267 g/mol. The number of nitro benzene ring substituents is 1. The molecule has 1 aromatic carbocycles. The fourth-order valence-electron chi connectivity index (χ4n) is 2.09. The highest BCUT2D eigenvalue weighted by atomic mass is 19.1. The molecule has 104 valence electrons. The van der Waals surface area contributed by atoms with Gasteiger partial charge in [0.05, 0.1) is 4.92 Å². The van der Waals surface area contributed by atoms with Crippen molar-refractivity contribution in [3.05, 3.63) is 34.1 Å². The second-order valence-corrected chi connectivity index (χ2v) is 5.02. The summed E-state index contributed by atoms with van der Waals surface area (Å²) in [6, 6.07) is 4.98. The Morgan fingerprint density at radius 2 is 2.26 bits per heavy atom. The Bertz CT molecular complexity index is 477. The fourth-order valence-corrected chi connectivity index (χ4v) is 2.09. The lowest BCUT2D eigenvalue weighted by atomic mass is 10.2. The summed E-state index contributed by atoms with van der Waals surface area (Å²) < 4.78 is 13.4. The van der Waals surface area contributed by atoms with E-state index in [1.807, 2.05) is 7.05 Å². The van der Waals surface area contributed by atoms with Crippen molar-refractivity contribution in [2.45, 2.75) is 31.8 Å². The molecule has 0 aliphatic heterocycles. The van der Waals surface area contributed by atoms with Gasteiger partial charge in [0, 0.05) is 18.6 Å². The Hall–Kier alpha value is -1.69. The topological polar surface area (TPSA) is 58.4 Å². The largest absolute Gasteiger partial charge is 0.378 e. The zero-order chi connectivity index (χ0) is 14.0. The molecular formula is C13H18FN3O2. The highest BCUT2D eigenvalue weighted by molar-refractivity contribution is 5.61. The van der Waals surface area contributed by atoms with Crippen molar-refractivity contribution in [1.82, 2.24) is 4.90 Å². The molecular weight excluding hydrogens is 249 g/mol. The minimum Gasteiger partial charge on any atom is -0.378 e. The first-order valence-electron chi connectivity index (χ1n) is 6.39. The second kappa shape index (κ2) is 5.52. The van der Waals surface area contributed by atoms with Gasteiger partial charge in [-0.25, -0.2) is 0 Å². The van der Waals surface area contributed by atoms with Gasteiger partial charge in [-0.2, -0.15) is 4.39 Å². The van der Waals surface area contributed by atoms with Crippen LogP contribution in [0.4, 0.5) is 15.8 Å². The molecule has 0 bridgehead atoms. The molecule has 5 nitrogen and oxygen atoms in total.